The largest absolute Gasteiger partial charge is 0.508 e. The van der Waals surface area contributed by atoms with Crippen molar-refractivity contribution in [1.82, 2.24) is 9.80 Å². The van der Waals surface area contributed by atoms with Crippen molar-refractivity contribution in [3.8, 4) is 5.75 Å². The smallest absolute Gasteiger partial charge is 0.246 e. The maximum absolute atomic E-state index is 13.9. The van der Waals surface area contributed by atoms with E-state index in [2.05, 4.69) is 0 Å². The summed E-state index contributed by atoms with van der Waals surface area (Å²) in [6.07, 6.45) is 0.226. The van der Waals surface area contributed by atoms with E-state index in [1.807, 2.05) is 0 Å². The molecule has 0 saturated heterocycles. The van der Waals surface area contributed by atoms with E-state index < -0.39 is 47.5 Å². The summed E-state index contributed by atoms with van der Waals surface area (Å²) in [5.74, 6) is -2.62. The number of nitrogens with two attached hydrogens (primary N) is 2. The number of rotatable bonds is 11. The molecular formula is C30H34F2N4O4. The Labute approximate surface area is 232 Å². The highest BCUT2D eigenvalue weighted by atomic mass is 19.1. The molecule has 3 amide bonds. The van der Waals surface area contributed by atoms with Gasteiger partial charge >= 0.3 is 0 Å². The van der Waals surface area contributed by atoms with Gasteiger partial charge in [0.1, 0.15) is 29.5 Å². The van der Waals surface area contributed by atoms with Crippen LogP contribution in [-0.4, -0.2) is 64.8 Å². The lowest BCUT2D eigenvalue weighted by molar-refractivity contribution is -0.147. The molecule has 212 valence electrons. The highest BCUT2D eigenvalue weighted by molar-refractivity contribution is 5.93. The molecule has 0 aliphatic carbocycles. The van der Waals surface area contributed by atoms with Gasteiger partial charge in [-0.15, -0.1) is 0 Å². The molecule has 0 heterocycles. The third-order valence-electron chi connectivity index (χ3n) is 6.96. The first kappa shape index (κ1) is 30.2. The summed E-state index contributed by atoms with van der Waals surface area (Å²) >= 11 is 0. The molecule has 3 aromatic carbocycles. The number of carbonyl (C=O) groups is 3. The Morgan fingerprint density at radius 3 is 1.70 bits per heavy atom. The number of carbonyl (C=O) groups excluding carboxylic acids is 3. The summed E-state index contributed by atoms with van der Waals surface area (Å²) in [6.45, 7) is 1.71. The molecule has 0 spiro atoms. The van der Waals surface area contributed by atoms with Gasteiger partial charge in [-0.2, -0.15) is 0 Å². The van der Waals surface area contributed by atoms with E-state index >= 15 is 0 Å². The zero-order valence-electron chi connectivity index (χ0n) is 22.7. The molecule has 0 radical (unpaired) electrons. The van der Waals surface area contributed by atoms with Crippen LogP contribution in [0.25, 0.3) is 0 Å². The highest BCUT2D eigenvalue weighted by Gasteiger charge is 2.35. The number of benzene rings is 3. The average Bonchev–Trinajstić information content (AvgIpc) is 2.92. The number of phenolic OH excluding ortho intramolecular Hbond substituents is 1. The van der Waals surface area contributed by atoms with Crippen LogP contribution in [0.4, 0.5) is 8.78 Å². The lowest BCUT2D eigenvalue weighted by atomic mass is 9.98. The first-order valence-electron chi connectivity index (χ1n) is 12.7. The molecule has 0 fully saturated rings. The van der Waals surface area contributed by atoms with E-state index in [0.717, 1.165) is 0 Å². The Hall–Kier alpha value is -4.31. The van der Waals surface area contributed by atoms with Crippen LogP contribution in [0, 0.1) is 18.6 Å². The molecule has 0 aromatic heterocycles. The number of aromatic hydroxyl groups is 1. The van der Waals surface area contributed by atoms with Crippen LogP contribution in [-0.2, 0) is 33.6 Å². The van der Waals surface area contributed by atoms with Crippen LogP contribution in [0.2, 0.25) is 0 Å². The SMILES string of the molecule is Cc1cc(C[C@@H](C(N)=O)N(C)C(=O)[C@H](Cc2ccc(F)cc2)N(C)C(=O)[C@@H](N)Cc2ccc(F)cc2)ccc1O. The summed E-state index contributed by atoms with van der Waals surface area (Å²) in [6, 6.07) is 12.8. The lowest BCUT2D eigenvalue weighted by Gasteiger charge is -2.35. The van der Waals surface area contributed by atoms with Crippen molar-refractivity contribution in [2.24, 2.45) is 11.5 Å². The molecule has 3 atom stereocenters. The summed E-state index contributed by atoms with van der Waals surface area (Å²) < 4.78 is 26.8. The lowest BCUT2D eigenvalue weighted by Crippen LogP contribution is -2.57. The van der Waals surface area contributed by atoms with E-state index in [4.69, 9.17) is 11.5 Å². The summed E-state index contributed by atoms with van der Waals surface area (Å²) in [5, 5.41) is 9.83. The molecule has 5 N–H and O–H groups in total. The number of primary amides is 1. The monoisotopic (exact) mass is 552 g/mol. The number of amides is 3. The van der Waals surface area contributed by atoms with Gasteiger partial charge in [0.25, 0.3) is 0 Å². The van der Waals surface area contributed by atoms with Gasteiger partial charge in [0, 0.05) is 26.9 Å². The van der Waals surface area contributed by atoms with Gasteiger partial charge < -0.3 is 26.4 Å². The number of likely N-dealkylation sites (N-methyl/N-ethyl adjacent to an activating group) is 2. The number of halogens is 2. The molecule has 10 heteroatoms. The number of phenols is 1. The van der Waals surface area contributed by atoms with Gasteiger partial charge in [-0.3, -0.25) is 14.4 Å². The van der Waals surface area contributed by atoms with Crippen molar-refractivity contribution >= 4 is 17.7 Å². The third-order valence-corrected chi connectivity index (χ3v) is 6.96. The van der Waals surface area contributed by atoms with E-state index in [0.29, 0.717) is 22.3 Å². The molecule has 0 unspecified atom stereocenters. The van der Waals surface area contributed by atoms with Crippen LogP contribution < -0.4 is 11.5 Å². The quantitative estimate of drug-likeness (QED) is 0.337. The van der Waals surface area contributed by atoms with Gasteiger partial charge in [0.2, 0.25) is 17.7 Å². The van der Waals surface area contributed by atoms with Crippen molar-refractivity contribution < 1.29 is 28.3 Å². The summed E-state index contributed by atoms with van der Waals surface area (Å²) in [5.41, 5.74) is 14.4. The normalized spacial score (nSPS) is 13.2. The molecule has 0 aliphatic rings. The second-order valence-corrected chi connectivity index (χ2v) is 9.92. The average molecular weight is 553 g/mol. The second kappa shape index (κ2) is 13.2. The molecule has 0 saturated carbocycles. The predicted octanol–water partition coefficient (Wildman–Crippen LogP) is 2.47. The summed E-state index contributed by atoms with van der Waals surface area (Å²) in [7, 11) is 2.87. The number of aryl methyl sites for hydroxylation is 1. The number of hydrogen-bond donors (Lipinski definition) is 3. The van der Waals surface area contributed by atoms with E-state index in [-0.39, 0.29) is 25.0 Å². The van der Waals surface area contributed by atoms with Crippen molar-refractivity contribution in [3.63, 3.8) is 0 Å². The second-order valence-electron chi connectivity index (χ2n) is 9.92. The Morgan fingerprint density at radius 1 is 0.750 bits per heavy atom. The first-order valence-corrected chi connectivity index (χ1v) is 12.7. The van der Waals surface area contributed by atoms with Gasteiger partial charge in [-0.05, 0) is 65.9 Å². The van der Waals surface area contributed by atoms with Gasteiger partial charge in [-0.1, -0.05) is 36.4 Å². The molecule has 0 bridgehead atoms. The fraction of sp³-hybridized carbons (Fsp3) is 0.300. The van der Waals surface area contributed by atoms with Crippen LogP contribution >= 0.6 is 0 Å². The van der Waals surface area contributed by atoms with Gasteiger partial charge in [0.05, 0.1) is 6.04 Å². The van der Waals surface area contributed by atoms with Crippen LogP contribution in [0.5, 0.6) is 5.75 Å². The Kier molecular flexibility index (Phi) is 9.95. The standard InChI is InChI=1S/C30H34F2N4O4/c1-18-14-21(8-13-27(18)37)17-25(28(34)38)35(2)30(40)26(16-20-6-11-23(32)12-7-20)36(3)29(39)24(33)15-19-4-9-22(31)10-5-19/h4-14,24-26,37H,15-17,33H2,1-3H3,(H2,34,38)/t24-,25-,26-/m0/s1. The molecule has 3 rings (SSSR count). The van der Waals surface area contributed by atoms with Crippen molar-refractivity contribution in [2.45, 2.75) is 44.3 Å². The molecule has 3 aromatic rings. The van der Waals surface area contributed by atoms with Crippen LogP contribution in [0.15, 0.2) is 66.7 Å². The van der Waals surface area contributed by atoms with Gasteiger partial charge in [0.15, 0.2) is 0 Å². The Balaban J connectivity index is 1.87. The topological polar surface area (TPSA) is 130 Å². The van der Waals surface area contributed by atoms with E-state index in [1.165, 1.54) is 78.5 Å². The number of nitrogens with zero attached hydrogens (tertiary/aromatic N) is 2. The maximum Gasteiger partial charge on any atom is 0.246 e. The van der Waals surface area contributed by atoms with E-state index in [9.17, 15) is 28.3 Å². The van der Waals surface area contributed by atoms with Crippen molar-refractivity contribution in [2.75, 3.05) is 14.1 Å². The van der Waals surface area contributed by atoms with Crippen molar-refractivity contribution in [1.29, 1.82) is 0 Å². The molecule has 0 aliphatic heterocycles. The summed E-state index contributed by atoms with van der Waals surface area (Å²) in [4.78, 5) is 42.1. The third kappa shape index (κ3) is 7.63. The number of hydrogen-bond acceptors (Lipinski definition) is 5. The zero-order valence-corrected chi connectivity index (χ0v) is 22.7. The highest BCUT2D eigenvalue weighted by Crippen LogP contribution is 2.20. The Bertz CT molecular complexity index is 1350. The minimum absolute atomic E-state index is 0.0265. The van der Waals surface area contributed by atoms with Gasteiger partial charge in [-0.25, -0.2) is 8.78 Å². The van der Waals surface area contributed by atoms with E-state index in [1.54, 1.807) is 19.1 Å². The minimum Gasteiger partial charge on any atom is -0.508 e. The fourth-order valence-corrected chi connectivity index (χ4v) is 4.50. The molecular weight excluding hydrogens is 518 g/mol. The van der Waals surface area contributed by atoms with Crippen LogP contribution in [0.1, 0.15) is 22.3 Å². The minimum atomic E-state index is -1.09. The fourth-order valence-electron chi connectivity index (χ4n) is 4.50. The first-order chi connectivity index (χ1) is 18.9. The zero-order chi connectivity index (χ0) is 29.6. The molecule has 8 nitrogen and oxygen atoms in total. The van der Waals surface area contributed by atoms with Crippen molar-refractivity contribution in [3.05, 3.63) is 101 Å². The molecule has 40 heavy (non-hydrogen) atoms. The predicted molar refractivity (Wildman–Crippen MR) is 147 cm³/mol. The van der Waals surface area contributed by atoms with Crippen LogP contribution in [0.3, 0.4) is 0 Å². The maximum atomic E-state index is 13.9. The Morgan fingerprint density at radius 2 is 1.20 bits per heavy atom.